The molecular formula is C26H28N4O6S2. The number of hydrogen-bond acceptors (Lipinski definition) is 7. The standard InChI is InChI=1S/C26H28N4O6S2/c1-18(26(31)32)28-38(35,36)30-15-13-29(14-16-30)22-9-4-19(5-10-22)3-6-20-7-8-21-17-23(37(2,33)34)11-12-24(21)25(20)27/h4-5,7-12,17-18,28H,13-16,27H2,1-2H3,(H,31,32)/t18-/m1/s1. The zero-order valence-corrected chi connectivity index (χ0v) is 22.5. The highest BCUT2D eigenvalue weighted by Gasteiger charge is 2.29. The van der Waals surface area contributed by atoms with Crippen LogP contribution in [-0.2, 0) is 24.8 Å². The normalized spacial score (nSPS) is 15.6. The maximum atomic E-state index is 12.4. The Bertz CT molecular complexity index is 1650. The van der Waals surface area contributed by atoms with E-state index in [-0.39, 0.29) is 18.0 Å². The summed E-state index contributed by atoms with van der Waals surface area (Å²) in [6, 6.07) is 14.7. The van der Waals surface area contributed by atoms with Crippen LogP contribution in [0.5, 0.6) is 0 Å². The Morgan fingerprint density at radius 3 is 2.24 bits per heavy atom. The van der Waals surface area contributed by atoms with Crippen molar-refractivity contribution in [2.45, 2.75) is 17.9 Å². The lowest BCUT2D eigenvalue weighted by Crippen LogP contribution is -2.54. The number of carboxylic acid groups (broad SMARTS) is 1. The second-order valence-electron chi connectivity index (χ2n) is 9.05. The molecule has 0 saturated carbocycles. The first-order valence-electron chi connectivity index (χ1n) is 11.7. The van der Waals surface area contributed by atoms with Crippen molar-refractivity contribution in [3.05, 3.63) is 65.7 Å². The van der Waals surface area contributed by atoms with Crippen LogP contribution in [0.25, 0.3) is 10.8 Å². The van der Waals surface area contributed by atoms with E-state index in [0.717, 1.165) is 28.3 Å². The van der Waals surface area contributed by atoms with Crippen LogP contribution in [0, 0.1) is 11.8 Å². The number of aliphatic carboxylic acids is 1. The number of piperazine rings is 1. The number of fused-ring (bicyclic) bond motifs is 1. The van der Waals surface area contributed by atoms with Crippen molar-refractivity contribution < 1.29 is 26.7 Å². The molecule has 3 aromatic carbocycles. The highest BCUT2D eigenvalue weighted by molar-refractivity contribution is 7.90. The van der Waals surface area contributed by atoms with Gasteiger partial charge in [0.25, 0.3) is 10.2 Å². The maximum absolute atomic E-state index is 12.4. The Morgan fingerprint density at radius 2 is 1.63 bits per heavy atom. The van der Waals surface area contributed by atoms with Gasteiger partial charge in [-0.25, -0.2) is 8.42 Å². The summed E-state index contributed by atoms with van der Waals surface area (Å²) in [6.45, 7) is 2.67. The van der Waals surface area contributed by atoms with Crippen LogP contribution >= 0.6 is 0 Å². The van der Waals surface area contributed by atoms with Crippen LogP contribution in [0.2, 0.25) is 0 Å². The number of sulfone groups is 1. The van der Waals surface area contributed by atoms with Crippen molar-refractivity contribution in [3.8, 4) is 11.8 Å². The monoisotopic (exact) mass is 556 g/mol. The van der Waals surface area contributed by atoms with Gasteiger partial charge in [-0.15, -0.1) is 0 Å². The molecule has 0 spiro atoms. The fraction of sp³-hybridized carbons (Fsp3) is 0.269. The summed E-state index contributed by atoms with van der Waals surface area (Å²) < 4.78 is 51.9. The van der Waals surface area contributed by atoms with Crippen LogP contribution in [0.4, 0.5) is 11.4 Å². The molecule has 1 aliphatic heterocycles. The molecule has 1 heterocycles. The molecule has 12 heteroatoms. The number of carbonyl (C=O) groups is 1. The number of nitrogens with two attached hydrogens (primary N) is 1. The van der Waals surface area contributed by atoms with Gasteiger partial charge in [0.1, 0.15) is 6.04 Å². The van der Waals surface area contributed by atoms with E-state index in [4.69, 9.17) is 10.8 Å². The Balaban J connectivity index is 1.43. The summed E-state index contributed by atoms with van der Waals surface area (Å²) in [6.07, 6.45) is 1.16. The molecule has 38 heavy (non-hydrogen) atoms. The van der Waals surface area contributed by atoms with E-state index < -0.39 is 32.1 Å². The van der Waals surface area contributed by atoms with Crippen LogP contribution < -0.4 is 15.4 Å². The van der Waals surface area contributed by atoms with Gasteiger partial charge in [-0.1, -0.05) is 24.0 Å². The minimum Gasteiger partial charge on any atom is -0.480 e. The lowest BCUT2D eigenvalue weighted by atomic mass is 10.0. The van der Waals surface area contributed by atoms with Crippen molar-refractivity contribution in [2.24, 2.45) is 0 Å². The van der Waals surface area contributed by atoms with Crippen molar-refractivity contribution in [1.29, 1.82) is 0 Å². The van der Waals surface area contributed by atoms with Crippen LogP contribution in [0.3, 0.4) is 0 Å². The molecule has 1 saturated heterocycles. The number of nitrogen functional groups attached to an aromatic ring is 1. The van der Waals surface area contributed by atoms with E-state index in [0.29, 0.717) is 24.3 Å². The number of rotatable bonds is 6. The molecule has 4 rings (SSSR count). The first-order valence-corrected chi connectivity index (χ1v) is 15.1. The summed E-state index contributed by atoms with van der Waals surface area (Å²) in [7, 11) is -7.19. The van der Waals surface area contributed by atoms with Gasteiger partial charge >= 0.3 is 5.97 Å². The topological polar surface area (TPSA) is 150 Å². The van der Waals surface area contributed by atoms with Gasteiger partial charge in [0.15, 0.2) is 9.84 Å². The second-order valence-corrected chi connectivity index (χ2v) is 12.8. The molecule has 1 atom stereocenters. The van der Waals surface area contributed by atoms with Gasteiger partial charge in [-0.2, -0.15) is 17.4 Å². The molecule has 1 fully saturated rings. The van der Waals surface area contributed by atoms with E-state index in [2.05, 4.69) is 21.5 Å². The smallest absolute Gasteiger partial charge is 0.321 e. The van der Waals surface area contributed by atoms with E-state index in [1.54, 1.807) is 24.3 Å². The summed E-state index contributed by atoms with van der Waals surface area (Å²) in [5, 5.41) is 10.4. The van der Waals surface area contributed by atoms with Gasteiger partial charge < -0.3 is 15.7 Å². The minimum absolute atomic E-state index is 0.232. The maximum Gasteiger partial charge on any atom is 0.321 e. The first kappa shape index (κ1) is 27.4. The third-order valence-electron chi connectivity index (χ3n) is 6.31. The van der Waals surface area contributed by atoms with E-state index >= 15 is 0 Å². The highest BCUT2D eigenvalue weighted by Crippen LogP contribution is 2.27. The molecule has 3 aromatic rings. The molecule has 0 aromatic heterocycles. The predicted octanol–water partition coefficient (Wildman–Crippen LogP) is 1.65. The van der Waals surface area contributed by atoms with Crippen molar-refractivity contribution >= 4 is 48.2 Å². The Morgan fingerprint density at radius 1 is 0.974 bits per heavy atom. The molecule has 1 aliphatic rings. The third kappa shape index (κ3) is 6.08. The largest absolute Gasteiger partial charge is 0.480 e. The average molecular weight is 557 g/mol. The summed E-state index contributed by atoms with van der Waals surface area (Å²) in [4.78, 5) is 13.3. The van der Waals surface area contributed by atoms with Gasteiger partial charge in [-0.05, 0) is 54.8 Å². The van der Waals surface area contributed by atoms with Gasteiger partial charge in [0.05, 0.1) is 10.6 Å². The fourth-order valence-electron chi connectivity index (χ4n) is 4.10. The number of nitrogens with one attached hydrogen (secondary N) is 1. The summed E-state index contributed by atoms with van der Waals surface area (Å²) in [5.74, 6) is 4.95. The quantitative estimate of drug-likeness (QED) is 0.306. The average Bonchev–Trinajstić information content (AvgIpc) is 2.87. The summed E-state index contributed by atoms with van der Waals surface area (Å²) in [5.41, 5.74) is 9.12. The molecule has 10 nitrogen and oxygen atoms in total. The number of nitrogens with zero attached hydrogens (tertiary/aromatic N) is 2. The zero-order valence-electron chi connectivity index (χ0n) is 20.9. The lowest BCUT2D eigenvalue weighted by Gasteiger charge is -2.35. The second kappa shape index (κ2) is 10.6. The summed E-state index contributed by atoms with van der Waals surface area (Å²) >= 11 is 0. The van der Waals surface area contributed by atoms with Crippen LogP contribution in [0.15, 0.2) is 59.5 Å². The lowest BCUT2D eigenvalue weighted by molar-refractivity contribution is -0.138. The van der Waals surface area contributed by atoms with Crippen LogP contribution in [-0.4, -0.2) is 70.7 Å². The molecule has 0 radical (unpaired) electrons. The van der Waals surface area contributed by atoms with Gasteiger partial charge in [0, 0.05) is 54.6 Å². The number of carboxylic acids is 1. The SMILES string of the molecule is C[C@@H](NS(=O)(=O)N1CCN(c2ccc(C#Cc3ccc4cc(S(C)(=O)=O)ccc4c3N)cc2)CC1)C(=O)O. The Hall–Kier alpha value is -3.63. The molecule has 4 N–H and O–H groups in total. The number of anilines is 2. The number of hydrogen-bond donors (Lipinski definition) is 3. The molecule has 0 amide bonds. The predicted molar refractivity (Wildman–Crippen MR) is 147 cm³/mol. The molecular weight excluding hydrogens is 528 g/mol. The zero-order chi connectivity index (χ0) is 27.7. The van der Waals surface area contributed by atoms with Gasteiger partial charge in [0.2, 0.25) is 0 Å². The van der Waals surface area contributed by atoms with E-state index in [1.165, 1.54) is 17.3 Å². The van der Waals surface area contributed by atoms with E-state index in [9.17, 15) is 21.6 Å². The fourth-order valence-corrected chi connectivity index (χ4v) is 6.10. The Labute approximate surface area is 222 Å². The van der Waals surface area contributed by atoms with Crippen molar-refractivity contribution in [2.75, 3.05) is 43.1 Å². The molecule has 0 aliphatic carbocycles. The van der Waals surface area contributed by atoms with Crippen molar-refractivity contribution in [3.63, 3.8) is 0 Å². The molecule has 200 valence electrons. The van der Waals surface area contributed by atoms with Crippen molar-refractivity contribution in [1.82, 2.24) is 9.03 Å². The van der Waals surface area contributed by atoms with Crippen LogP contribution in [0.1, 0.15) is 18.1 Å². The van der Waals surface area contributed by atoms with Gasteiger partial charge in [-0.3, -0.25) is 4.79 Å². The highest BCUT2D eigenvalue weighted by atomic mass is 32.2. The first-order chi connectivity index (χ1) is 17.8. The number of benzene rings is 3. The Kier molecular flexibility index (Phi) is 7.66. The molecule has 0 bridgehead atoms. The molecule has 0 unspecified atom stereocenters. The minimum atomic E-state index is -3.88. The third-order valence-corrected chi connectivity index (χ3v) is 9.12. The van der Waals surface area contributed by atoms with E-state index in [1.807, 2.05) is 24.3 Å².